The first-order chi connectivity index (χ1) is 16.0. The number of benzene rings is 2. The summed E-state index contributed by atoms with van der Waals surface area (Å²) in [6, 6.07) is 13.0. The standard InChI is InChI=1S/C26H28N2O4S/c1-16-5-11-20-23(13-16)33-26(27-15-17-6-8-18(30-2)9-7-17)24(20)25(29)28-21-14-19(31-3)10-12-22(21)32-4/h6-10,12,14-16H,5,11,13H2,1-4H3,(H,28,29)/t16-/m1/s1. The Labute approximate surface area is 198 Å². The van der Waals surface area contributed by atoms with Gasteiger partial charge in [-0.1, -0.05) is 6.92 Å². The molecule has 1 aliphatic carbocycles. The van der Waals surface area contributed by atoms with E-state index in [-0.39, 0.29) is 5.91 Å². The number of anilines is 1. The number of amides is 1. The summed E-state index contributed by atoms with van der Waals surface area (Å²) in [5.41, 5.74) is 3.27. The van der Waals surface area contributed by atoms with E-state index in [1.54, 1.807) is 57.1 Å². The first-order valence-electron chi connectivity index (χ1n) is 10.9. The molecular formula is C26H28N2O4S. The van der Waals surface area contributed by atoms with Crippen molar-refractivity contribution in [3.8, 4) is 17.2 Å². The van der Waals surface area contributed by atoms with Crippen LogP contribution in [0.5, 0.6) is 17.2 Å². The van der Waals surface area contributed by atoms with Gasteiger partial charge in [-0.3, -0.25) is 4.79 Å². The van der Waals surface area contributed by atoms with Gasteiger partial charge in [-0.25, -0.2) is 4.99 Å². The third kappa shape index (κ3) is 5.03. The zero-order valence-corrected chi connectivity index (χ0v) is 20.1. The fourth-order valence-electron chi connectivity index (χ4n) is 3.98. The summed E-state index contributed by atoms with van der Waals surface area (Å²) < 4.78 is 16.0. The van der Waals surface area contributed by atoms with Crippen molar-refractivity contribution in [3.63, 3.8) is 0 Å². The Morgan fingerprint density at radius 1 is 1.06 bits per heavy atom. The Kier molecular flexibility index (Phi) is 6.99. The van der Waals surface area contributed by atoms with Gasteiger partial charge >= 0.3 is 0 Å². The molecule has 0 saturated heterocycles. The van der Waals surface area contributed by atoms with Gasteiger partial charge in [0.15, 0.2) is 0 Å². The minimum atomic E-state index is -0.185. The first-order valence-corrected chi connectivity index (χ1v) is 11.7. The van der Waals surface area contributed by atoms with Crippen LogP contribution in [-0.2, 0) is 12.8 Å². The Morgan fingerprint density at radius 3 is 2.48 bits per heavy atom. The van der Waals surface area contributed by atoms with Gasteiger partial charge in [0.25, 0.3) is 5.91 Å². The lowest BCUT2D eigenvalue weighted by Crippen LogP contribution is -2.17. The van der Waals surface area contributed by atoms with Crippen molar-refractivity contribution in [1.82, 2.24) is 0 Å². The van der Waals surface area contributed by atoms with Crippen LogP contribution in [0.15, 0.2) is 47.5 Å². The smallest absolute Gasteiger partial charge is 0.259 e. The van der Waals surface area contributed by atoms with Crippen LogP contribution in [0.25, 0.3) is 0 Å². The fourth-order valence-corrected chi connectivity index (χ4v) is 5.33. The predicted molar refractivity (Wildman–Crippen MR) is 133 cm³/mol. The molecule has 0 fully saturated rings. The summed E-state index contributed by atoms with van der Waals surface area (Å²) in [5, 5.41) is 3.75. The van der Waals surface area contributed by atoms with Gasteiger partial charge in [-0.05, 0) is 72.7 Å². The number of ether oxygens (including phenoxy) is 3. The molecule has 1 amide bonds. The number of hydrogen-bond acceptors (Lipinski definition) is 6. The monoisotopic (exact) mass is 464 g/mol. The normalized spacial score (nSPS) is 15.2. The van der Waals surface area contributed by atoms with Crippen LogP contribution in [0.3, 0.4) is 0 Å². The molecule has 7 heteroatoms. The summed E-state index contributed by atoms with van der Waals surface area (Å²) >= 11 is 1.61. The summed E-state index contributed by atoms with van der Waals surface area (Å²) in [4.78, 5) is 19.5. The summed E-state index contributed by atoms with van der Waals surface area (Å²) in [7, 11) is 4.81. The molecule has 1 N–H and O–H groups in total. The molecule has 33 heavy (non-hydrogen) atoms. The highest BCUT2D eigenvalue weighted by atomic mass is 32.1. The van der Waals surface area contributed by atoms with Crippen molar-refractivity contribution >= 4 is 34.1 Å². The van der Waals surface area contributed by atoms with Crippen molar-refractivity contribution in [2.45, 2.75) is 26.2 Å². The number of hydrogen-bond donors (Lipinski definition) is 1. The second-order valence-corrected chi connectivity index (χ2v) is 9.17. The van der Waals surface area contributed by atoms with Crippen LogP contribution in [0, 0.1) is 5.92 Å². The van der Waals surface area contributed by atoms with Crippen LogP contribution >= 0.6 is 11.3 Å². The van der Waals surface area contributed by atoms with Gasteiger partial charge in [-0.15, -0.1) is 11.3 Å². The maximum absolute atomic E-state index is 13.5. The van der Waals surface area contributed by atoms with Gasteiger partial charge in [0.1, 0.15) is 22.2 Å². The minimum Gasteiger partial charge on any atom is -0.497 e. The van der Waals surface area contributed by atoms with Crippen molar-refractivity contribution in [3.05, 3.63) is 64.0 Å². The maximum atomic E-state index is 13.5. The Bertz CT molecular complexity index is 1170. The molecule has 1 heterocycles. The van der Waals surface area contributed by atoms with Crippen molar-refractivity contribution in [2.75, 3.05) is 26.6 Å². The number of nitrogens with zero attached hydrogens (tertiary/aromatic N) is 1. The first kappa shape index (κ1) is 22.9. The number of aliphatic imine (C=N–C) groups is 1. The topological polar surface area (TPSA) is 69.2 Å². The van der Waals surface area contributed by atoms with Gasteiger partial charge in [-0.2, -0.15) is 0 Å². The zero-order valence-electron chi connectivity index (χ0n) is 19.3. The van der Waals surface area contributed by atoms with E-state index in [9.17, 15) is 4.79 Å². The van der Waals surface area contributed by atoms with Gasteiger partial charge in [0.05, 0.1) is 32.6 Å². The van der Waals surface area contributed by atoms with Crippen molar-refractivity contribution in [1.29, 1.82) is 0 Å². The third-order valence-corrected chi connectivity index (χ3v) is 6.98. The lowest BCUT2D eigenvalue weighted by atomic mass is 9.88. The largest absolute Gasteiger partial charge is 0.497 e. The summed E-state index contributed by atoms with van der Waals surface area (Å²) in [6.45, 7) is 2.25. The number of nitrogens with one attached hydrogen (secondary N) is 1. The molecule has 2 aromatic carbocycles. The molecule has 0 bridgehead atoms. The number of carbonyl (C=O) groups is 1. The quantitative estimate of drug-likeness (QED) is 0.442. The van der Waals surface area contributed by atoms with Crippen LogP contribution in [0.2, 0.25) is 0 Å². The van der Waals surface area contributed by atoms with Gasteiger partial charge in [0.2, 0.25) is 0 Å². The lowest BCUT2D eigenvalue weighted by Gasteiger charge is -2.19. The van der Waals surface area contributed by atoms with E-state index in [1.165, 1.54) is 4.88 Å². The summed E-state index contributed by atoms with van der Waals surface area (Å²) in [5.74, 6) is 2.43. The molecule has 0 radical (unpaired) electrons. The average molecular weight is 465 g/mol. The Balaban J connectivity index is 1.69. The van der Waals surface area contributed by atoms with E-state index in [0.29, 0.717) is 28.7 Å². The van der Waals surface area contributed by atoms with Crippen LogP contribution in [0.1, 0.15) is 39.7 Å². The number of rotatable bonds is 7. The lowest BCUT2D eigenvalue weighted by molar-refractivity contribution is 0.102. The Morgan fingerprint density at radius 2 is 1.79 bits per heavy atom. The van der Waals surface area contributed by atoms with Crippen molar-refractivity contribution < 1.29 is 19.0 Å². The molecule has 6 nitrogen and oxygen atoms in total. The minimum absolute atomic E-state index is 0.185. The third-order valence-electron chi connectivity index (χ3n) is 5.82. The van der Waals surface area contributed by atoms with Crippen LogP contribution < -0.4 is 19.5 Å². The molecular weight excluding hydrogens is 436 g/mol. The highest BCUT2D eigenvalue weighted by Gasteiger charge is 2.28. The number of thiophene rings is 1. The number of methoxy groups -OCH3 is 3. The maximum Gasteiger partial charge on any atom is 0.259 e. The number of fused-ring (bicyclic) bond motifs is 1. The molecule has 172 valence electrons. The highest BCUT2D eigenvalue weighted by molar-refractivity contribution is 7.16. The molecule has 1 aliphatic rings. The van der Waals surface area contributed by atoms with Crippen LogP contribution in [0.4, 0.5) is 10.7 Å². The fraction of sp³-hybridized carbons (Fsp3) is 0.308. The Hall–Kier alpha value is -3.32. The average Bonchev–Trinajstić information content (AvgIpc) is 3.20. The molecule has 0 saturated carbocycles. The number of carbonyl (C=O) groups excluding carboxylic acids is 1. The molecule has 0 unspecified atom stereocenters. The van der Waals surface area contributed by atoms with E-state index in [2.05, 4.69) is 12.2 Å². The molecule has 4 rings (SSSR count). The van der Waals surface area contributed by atoms with E-state index in [1.807, 2.05) is 24.3 Å². The molecule has 0 aliphatic heterocycles. The van der Waals surface area contributed by atoms with E-state index in [0.717, 1.165) is 41.1 Å². The van der Waals surface area contributed by atoms with Gasteiger partial charge in [0, 0.05) is 17.2 Å². The van der Waals surface area contributed by atoms with Crippen molar-refractivity contribution in [2.24, 2.45) is 10.9 Å². The summed E-state index contributed by atoms with van der Waals surface area (Å²) in [6.07, 6.45) is 4.71. The second kappa shape index (κ2) is 10.1. The molecule has 0 spiro atoms. The molecule has 1 aromatic heterocycles. The molecule has 3 aromatic rings. The van der Waals surface area contributed by atoms with Crippen LogP contribution in [-0.4, -0.2) is 33.5 Å². The second-order valence-electron chi connectivity index (χ2n) is 8.08. The van der Waals surface area contributed by atoms with E-state index in [4.69, 9.17) is 19.2 Å². The van der Waals surface area contributed by atoms with Gasteiger partial charge < -0.3 is 19.5 Å². The highest BCUT2D eigenvalue weighted by Crippen LogP contribution is 2.42. The zero-order chi connectivity index (χ0) is 23.4. The molecule has 1 atom stereocenters. The van der Waals surface area contributed by atoms with E-state index >= 15 is 0 Å². The predicted octanol–water partition coefficient (Wildman–Crippen LogP) is 5.90. The van der Waals surface area contributed by atoms with E-state index < -0.39 is 0 Å². The SMILES string of the molecule is COc1ccc(C=Nc2sc3c(c2C(=O)Nc2cc(OC)ccc2OC)CC[C@@H](C)C3)cc1.